The number of anilines is 1. The molecule has 1 aliphatic rings. The first-order chi connectivity index (χ1) is 6.53. The van der Waals surface area contributed by atoms with Crippen molar-refractivity contribution in [3.05, 3.63) is 11.8 Å². The number of aromatic nitrogens is 2. The molecule has 5 heteroatoms. The molecule has 0 unspecified atom stereocenters. The van der Waals surface area contributed by atoms with E-state index < -0.39 is 5.60 Å². The first-order valence-corrected chi connectivity index (χ1v) is 4.68. The molecule has 1 aliphatic heterocycles. The van der Waals surface area contributed by atoms with Crippen molar-refractivity contribution in [2.75, 3.05) is 18.9 Å². The van der Waals surface area contributed by atoms with Crippen LogP contribution in [-0.4, -0.2) is 28.1 Å². The summed E-state index contributed by atoms with van der Waals surface area (Å²) in [7, 11) is 0. The van der Waals surface area contributed by atoms with Crippen LogP contribution in [-0.2, 0) is 10.3 Å². The van der Waals surface area contributed by atoms with Crippen LogP contribution in [0.2, 0.25) is 0 Å². The molecule has 3 N–H and O–H groups in total. The summed E-state index contributed by atoms with van der Waals surface area (Å²) in [6, 6.07) is 1.90. The molecular weight excluding hydrogens is 182 g/mol. The number of hydrogen-bond donors (Lipinski definition) is 2. The summed E-state index contributed by atoms with van der Waals surface area (Å²) in [5, 5.41) is 14.2. The first-order valence-electron chi connectivity index (χ1n) is 4.68. The van der Waals surface area contributed by atoms with Crippen LogP contribution in [0.1, 0.15) is 25.6 Å². The van der Waals surface area contributed by atoms with Crippen LogP contribution in [0.25, 0.3) is 0 Å². The van der Waals surface area contributed by atoms with Crippen LogP contribution in [0.15, 0.2) is 6.07 Å². The Morgan fingerprint density at radius 3 is 2.71 bits per heavy atom. The molecule has 2 rings (SSSR count). The van der Waals surface area contributed by atoms with Gasteiger partial charge in [-0.1, -0.05) is 0 Å². The van der Waals surface area contributed by atoms with Crippen LogP contribution >= 0.6 is 0 Å². The highest BCUT2D eigenvalue weighted by Crippen LogP contribution is 2.31. The summed E-state index contributed by atoms with van der Waals surface area (Å²) in [6.07, 6.45) is 0. The third-order valence-electron chi connectivity index (χ3n) is 2.40. The second kappa shape index (κ2) is 2.96. The van der Waals surface area contributed by atoms with Crippen molar-refractivity contribution in [1.82, 2.24) is 9.78 Å². The van der Waals surface area contributed by atoms with Gasteiger partial charge < -0.3 is 15.6 Å². The zero-order valence-corrected chi connectivity index (χ0v) is 8.40. The summed E-state index contributed by atoms with van der Waals surface area (Å²) >= 11 is 0. The zero-order valence-electron chi connectivity index (χ0n) is 8.40. The average Bonchev–Trinajstić information content (AvgIpc) is 2.43. The molecule has 0 amide bonds. The third-order valence-corrected chi connectivity index (χ3v) is 2.40. The molecule has 1 fully saturated rings. The minimum atomic E-state index is -0.894. The fraction of sp³-hybridized carbons (Fsp3) is 0.667. The Hall–Kier alpha value is -1.07. The highest BCUT2D eigenvalue weighted by atomic mass is 16.5. The molecule has 78 valence electrons. The Morgan fingerprint density at radius 1 is 1.64 bits per heavy atom. The summed E-state index contributed by atoms with van der Waals surface area (Å²) < 4.78 is 6.75. The lowest BCUT2D eigenvalue weighted by atomic mass is 9.97. The number of nitrogen functional groups attached to an aromatic ring is 1. The van der Waals surface area contributed by atoms with Gasteiger partial charge >= 0.3 is 0 Å². The summed E-state index contributed by atoms with van der Waals surface area (Å²) in [4.78, 5) is 0. The van der Waals surface area contributed by atoms with Gasteiger partial charge in [-0.15, -0.1) is 0 Å². The van der Waals surface area contributed by atoms with Crippen LogP contribution in [0, 0.1) is 0 Å². The Bertz CT molecular complexity index is 342. The fourth-order valence-corrected chi connectivity index (χ4v) is 1.60. The van der Waals surface area contributed by atoms with Gasteiger partial charge in [-0.25, -0.2) is 0 Å². The van der Waals surface area contributed by atoms with Gasteiger partial charge in [-0.2, -0.15) is 5.10 Å². The molecule has 1 saturated heterocycles. The predicted octanol–water partition coefficient (Wildman–Crippen LogP) is 0.264. The van der Waals surface area contributed by atoms with Crippen molar-refractivity contribution in [3.8, 4) is 0 Å². The molecule has 0 aromatic carbocycles. The number of aliphatic hydroxyl groups is 1. The van der Waals surface area contributed by atoms with Gasteiger partial charge in [0.05, 0.1) is 18.9 Å². The Kier molecular flexibility index (Phi) is 2.01. The summed E-state index contributed by atoms with van der Waals surface area (Å²) in [6.45, 7) is 4.65. The van der Waals surface area contributed by atoms with E-state index in [2.05, 4.69) is 5.10 Å². The zero-order chi connectivity index (χ0) is 10.3. The van der Waals surface area contributed by atoms with Gasteiger partial charge in [0.25, 0.3) is 0 Å². The lowest BCUT2D eigenvalue weighted by molar-refractivity contribution is -0.189. The van der Waals surface area contributed by atoms with Crippen LogP contribution < -0.4 is 5.73 Å². The summed E-state index contributed by atoms with van der Waals surface area (Å²) in [5.74, 6) is 0.439. The Morgan fingerprint density at radius 2 is 2.29 bits per heavy atom. The van der Waals surface area contributed by atoms with Crippen molar-refractivity contribution in [2.45, 2.75) is 25.5 Å². The molecule has 0 bridgehead atoms. The maximum absolute atomic E-state index is 10.1. The van der Waals surface area contributed by atoms with Gasteiger partial charge in [0.2, 0.25) is 0 Å². The minimum absolute atomic E-state index is 0.187. The molecule has 0 atom stereocenters. The molecule has 1 aromatic rings. The van der Waals surface area contributed by atoms with E-state index >= 15 is 0 Å². The molecule has 5 nitrogen and oxygen atoms in total. The normalized spacial score (nSPS) is 19.7. The SMILES string of the molecule is CC(C)n1nc(N)cc1C1(O)COC1. The number of hydrogen-bond acceptors (Lipinski definition) is 4. The minimum Gasteiger partial charge on any atom is -0.382 e. The van der Waals surface area contributed by atoms with Crippen molar-refractivity contribution < 1.29 is 9.84 Å². The van der Waals surface area contributed by atoms with Crippen LogP contribution in [0.4, 0.5) is 5.82 Å². The maximum atomic E-state index is 10.1. The van der Waals surface area contributed by atoms with Gasteiger partial charge in [0, 0.05) is 12.1 Å². The average molecular weight is 197 g/mol. The molecule has 1 aromatic heterocycles. The van der Waals surface area contributed by atoms with Crippen molar-refractivity contribution in [1.29, 1.82) is 0 Å². The molecule has 2 heterocycles. The van der Waals surface area contributed by atoms with E-state index in [-0.39, 0.29) is 6.04 Å². The molecule has 14 heavy (non-hydrogen) atoms. The van der Waals surface area contributed by atoms with Crippen LogP contribution in [0.5, 0.6) is 0 Å². The van der Waals surface area contributed by atoms with E-state index in [0.29, 0.717) is 19.0 Å². The van der Waals surface area contributed by atoms with E-state index in [1.54, 1.807) is 10.7 Å². The number of ether oxygens (including phenoxy) is 1. The van der Waals surface area contributed by atoms with E-state index in [1.165, 1.54) is 0 Å². The molecular formula is C9H15N3O2. The Labute approximate surface area is 82.5 Å². The van der Waals surface area contributed by atoms with Crippen LogP contribution in [0.3, 0.4) is 0 Å². The largest absolute Gasteiger partial charge is 0.382 e. The molecule has 0 spiro atoms. The summed E-state index contributed by atoms with van der Waals surface area (Å²) in [5.41, 5.74) is 5.46. The topological polar surface area (TPSA) is 73.3 Å². The van der Waals surface area contributed by atoms with Gasteiger partial charge in [-0.05, 0) is 13.8 Å². The van der Waals surface area contributed by atoms with Crippen molar-refractivity contribution >= 4 is 5.82 Å². The third kappa shape index (κ3) is 1.29. The number of nitrogens with zero attached hydrogens (tertiary/aromatic N) is 2. The van der Waals surface area contributed by atoms with E-state index in [4.69, 9.17) is 10.5 Å². The van der Waals surface area contributed by atoms with E-state index in [1.807, 2.05) is 13.8 Å². The van der Waals surface area contributed by atoms with Crippen molar-refractivity contribution in [3.63, 3.8) is 0 Å². The highest BCUT2D eigenvalue weighted by molar-refractivity contribution is 5.33. The highest BCUT2D eigenvalue weighted by Gasteiger charge is 2.41. The van der Waals surface area contributed by atoms with E-state index in [9.17, 15) is 5.11 Å². The lowest BCUT2D eigenvalue weighted by Crippen LogP contribution is -2.48. The molecule has 0 radical (unpaired) electrons. The van der Waals surface area contributed by atoms with Gasteiger partial charge in [0.15, 0.2) is 5.60 Å². The first kappa shape index (κ1) is 9.48. The standard InChI is InChI=1S/C9H15N3O2/c1-6(2)12-7(3-8(10)11-12)9(13)4-14-5-9/h3,6,13H,4-5H2,1-2H3,(H2,10,11). The number of nitrogens with two attached hydrogens (primary N) is 1. The maximum Gasteiger partial charge on any atom is 0.152 e. The predicted molar refractivity (Wildman–Crippen MR) is 51.7 cm³/mol. The van der Waals surface area contributed by atoms with E-state index in [0.717, 1.165) is 5.69 Å². The smallest absolute Gasteiger partial charge is 0.152 e. The van der Waals surface area contributed by atoms with Crippen molar-refractivity contribution in [2.24, 2.45) is 0 Å². The molecule has 0 aliphatic carbocycles. The Balaban J connectivity index is 2.40. The fourth-order valence-electron chi connectivity index (χ4n) is 1.60. The monoisotopic (exact) mass is 197 g/mol. The quantitative estimate of drug-likeness (QED) is 0.713. The number of rotatable bonds is 2. The second-order valence-electron chi connectivity index (χ2n) is 4.02. The van der Waals surface area contributed by atoms with Gasteiger partial charge in [-0.3, -0.25) is 4.68 Å². The molecule has 0 saturated carbocycles. The lowest BCUT2D eigenvalue weighted by Gasteiger charge is -2.36. The van der Waals surface area contributed by atoms with Gasteiger partial charge in [0.1, 0.15) is 5.82 Å². The second-order valence-corrected chi connectivity index (χ2v) is 4.02.